The van der Waals surface area contributed by atoms with Crippen molar-refractivity contribution in [3.05, 3.63) is 78.0 Å². The predicted molar refractivity (Wildman–Crippen MR) is 159 cm³/mol. The Balaban J connectivity index is 0.000000164. The van der Waals surface area contributed by atoms with Gasteiger partial charge in [0.25, 0.3) is 5.91 Å². The lowest BCUT2D eigenvalue weighted by molar-refractivity contribution is -0.109. The monoisotopic (exact) mass is 589 g/mol. The first-order valence-corrected chi connectivity index (χ1v) is 13.3. The molecule has 0 unspecified atom stereocenters. The van der Waals surface area contributed by atoms with Gasteiger partial charge in [0.2, 0.25) is 6.41 Å². The number of hydrogen-bond donors (Lipinski definition) is 5. The Kier molecular flexibility index (Phi) is 12.0. The van der Waals surface area contributed by atoms with Crippen molar-refractivity contribution in [2.75, 3.05) is 18.6 Å². The third-order valence-electron chi connectivity index (χ3n) is 5.81. The Morgan fingerprint density at radius 2 is 1.58 bits per heavy atom. The maximum atomic E-state index is 10.9. The van der Waals surface area contributed by atoms with E-state index < -0.39 is 5.97 Å². The number of ether oxygens (including phenoxy) is 1. The highest BCUT2D eigenvalue weighted by Gasteiger charge is 2.26. The molecule has 2 amide bonds. The highest BCUT2D eigenvalue weighted by Crippen LogP contribution is 2.37. The first-order chi connectivity index (χ1) is 20.7. The third kappa shape index (κ3) is 10.8. The van der Waals surface area contributed by atoms with Gasteiger partial charge in [-0.1, -0.05) is 18.2 Å². The second kappa shape index (κ2) is 16.1. The number of rotatable bonds is 6. The molecule has 0 aliphatic heterocycles. The molecule has 2 aliphatic rings. The summed E-state index contributed by atoms with van der Waals surface area (Å²) in [5, 5.41) is 10.6. The van der Waals surface area contributed by atoms with Crippen molar-refractivity contribution in [3.63, 3.8) is 0 Å². The quantitative estimate of drug-likeness (QED) is 0.0709. The molecular formula is C28H35N11O4. The number of anilines is 2. The Morgan fingerprint density at radius 3 is 2.12 bits per heavy atom. The number of hydrogen-bond acceptors (Lipinski definition) is 12. The zero-order valence-electron chi connectivity index (χ0n) is 23.9. The normalized spacial score (nSPS) is 12.9. The Labute approximate surface area is 248 Å². The number of esters is 1. The molecule has 0 radical (unpaired) electrons. The van der Waals surface area contributed by atoms with E-state index in [4.69, 9.17) is 17.3 Å². The van der Waals surface area contributed by atoms with Crippen LogP contribution in [0.25, 0.3) is 11.5 Å². The number of aryl methyl sites for hydroxylation is 1. The van der Waals surface area contributed by atoms with E-state index in [-0.39, 0.29) is 11.6 Å². The van der Waals surface area contributed by atoms with Crippen LogP contribution in [0.5, 0.6) is 0 Å². The van der Waals surface area contributed by atoms with Gasteiger partial charge in [0, 0.05) is 17.8 Å². The number of amides is 2. The van der Waals surface area contributed by atoms with Gasteiger partial charge in [-0.25, -0.2) is 25.6 Å². The number of hydrazine groups is 1. The predicted octanol–water partition coefficient (Wildman–Crippen LogP) is 1.60. The van der Waals surface area contributed by atoms with E-state index in [9.17, 15) is 14.4 Å². The molecule has 0 aromatic carbocycles. The number of nitrogens with two attached hydrogens (primary N) is 3. The molecule has 0 atom stereocenters. The van der Waals surface area contributed by atoms with E-state index >= 15 is 0 Å². The van der Waals surface area contributed by atoms with Gasteiger partial charge in [0.15, 0.2) is 11.5 Å². The molecule has 43 heavy (non-hydrogen) atoms. The summed E-state index contributed by atoms with van der Waals surface area (Å²) in [5.41, 5.74) is 15.1. The zero-order chi connectivity index (χ0) is 31.2. The fraction of sp³-hybridized carbons (Fsp3) is 0.286. The van der Waals surface area contributed by atoms with Crippen LogP contribution in [-0.4, -0.2) is 61.2 Å². The van der Waals surface area contributed by atoms with E-state index in [0.29, 0.717) is 29.4 Å². The van der Waals surface area contributed by atoms with Crippen molar-refractivity contribution in [1.82, 2.24) is 40.5 Å². The van der Waals surface area contributed by atoms with Gasteiger partial charge in [-0.15, -0.1) is 10.2 Å². The van der Waals surface area contributed by atoms with Crippen LogP contribution in [0.3, 0.4) is 0 Å². The Hall–Kier alpha value is -5.44. The number of nitrogens with zero attached hydrogens (tertiary/aromatic N) is 6. The summed E-state index contributed by atoms with van der Waals surface area (Å²) in [6.45, 7) is 1.81. The number of methoxy groups -OCH3 is 1. The molecule has 15 heteroatoms. The van der Waals surface area contributed by atoms with Crippen molar-refractivity contribution >= 4 is 29.9 Å². The molecule has 0 bridgehead atoms. The molecular weight excluding hydrogens is 554 g/mol. The molecule has 6 rings (SSSR count). The number of carbonyl (C=O) groups excluding carboxylic acids is 3. The van der Waals surface area contributed by atoms with Crippen LogP contribution in [0.4, 0.5) is 11.6 Å². The maximum absolute atomic E-state index is 10.9. The molecule has 8 N–H and O–H groups in total. The summed E-state index contributed by atoms with van der Waals surface area (Å²) in [6.07, 6.45) is 7.29. The first-order valence-electron chi connectivity index (χ1n) is 13.3. The van der Waals surface area contributed by atoms with E-state index in [1.54, 1.807) is 42.7 Å². The van der Waals surface area contributed by atoms with Crippen LogP contribution in [0.1, 0.15) is 58.4 Å². The molecule has 2 saturated carbocycles. The summed E-state index contributed by atoms with van der Waals surface area (Å²) in [5.74, 6) is 5.71. The van der Waals surface area contributed by atoms with Crippen LogP contribution in [0.2, 0.25) is 0 Å². The molecule has 4 heterocycles. The van der Waals surface area contributed by atoms with Crippen molar-refractivity contribution in [2.24, 2.45) is 5.84 Å². The fourth-order valence-corrected chi connectivity index (χ4v) is 3.38. The smallest absolute Gasteiger partial charge is 0.356 e. The minimum Gasteiger partial charge on any atom is -0.464 e. The van der Waals surface area contributed by atoms with Gasteiger partial charge in [-0.2, -0.15) is 0 Å². The second-order valence-corrected chi connectivity index (χ2v) is 9.38. The number of nitrogens with one attached hydrogen (secondary N) is 2. The molecule has 0 saturated heterocycles. The summed E-state index contributed by atoms with van der Waals surface area (Å²) >= 11 is 0. The van der Waals surface area contributed by atoms with Gasteiger partial charge < -0.3 is 26.1 Å². The zero-order valence-corrected chi connectivity index (χ0v) is 23.9. The van der Waals surface area contributed by atoms with E-state index in [2.05, 4.69) is 39.8 Å². The summed E-state index contributed by atoms with van der Waals surface area (Å²) < 4.78 is 6.51. The average Bonchev–Trinajstić information content (AvgIpc) is 3.97. The highest BCUT2D eigenvalue weighted by molar-refractivity contribution is 5.91. The molecule has 15 nitrogen and oxygen atoms in total. The number of pyridine rings is 3. The average molecular weight is 590 g/mol. The standard InChI is InChI=1S/C10H11N5.C7H9N3O.C7H8N2O2.C4H7NO/c11-9-3-1-2-8(13-9)10-14-12-6-15(10)7-4-5-7;1-5-3-2-4-6(9-5)7(11)10-8;1-11-7(10)5-3-2-4-6(8)9-5;6-3-5-4-1-2-4/h1-3,6-7H,4-5H2,(H2,11,13);2-4H,8H2,1H3,(H,10,11);2-4H,1H3,(H2,8,9);3-4H,1-2H2,(H,5,6). The summed E-state index contributed by atoms with van der Waals surface area (Å²) in [7, 11) is 1.30. The van der Waals surface area contributed by atoms with Crippen molar-refractivity contribution < 1.29 is 19.1 Å². The molecule has 2 fully saturated rings. The lowest BCUT2D eigenvalue weighted by atomic mass is 10.3. The minimum atomic E-state index is -0.475. The summed E-state index contributed by atoms with van der Waals surface area (Å²) in [4.78, 5) is 43.2. The van der Waals surface area contributed by atoms with Gasteiger partial charge in [-0.05, 0) is 69.0 Å². The largest absolute Gasteiger partial charge is 0.464 e. The summed E-state index contributed by atoms with van der Waals surface area (Å²) in [6, 6.07) is 16.6. The lowest BCUT2D eigenvalue weighted by Gasteiger charge is -2.03. The molecule has 4 aromatic rings. The van der Waals surface area contributed by atoms with Gasteiger partial charge in [0.05, 0.1) is 7.11 Å². The number of carbonyl (C=O) groups is 3. The highest BCUT2D eigenvalue weighted by atomic mass is 16.5. The minimum absolute atomic E-state index is 0.229. The number of aromatic nitrogens is 6. The molecule has 4 aromatic heterocycles. The Bertz CT molecular complexity index is 1450. The number of nitrogen functional groups attached to an aromatic ring is 3. The van der Waals surface area contributed by atoms with Gasteiger partial charge >= 0.3 is 5.97 Å². The SMILES string of the molecule is COC(=O)c1cccc(N)n1.Cc1cccc(C(=O)NN)n1.Nc1cccc(-c2nncn2C2CC2)n1.O=CNC1CC1. The van der Waals surface area contributed by atoms with E-state index in [0.717, 1.165) is 23.6 Å². The van der Waals surface area contributed by atoms with Crippen LogP contribution in [0, 0.1) is 6.92 Å². The van der Waals surface area contributed by atoms with Crippen molar-refractivity contribution in [2.45, 2.75) is 44.7 Å². The second-order valence-electron chi connectivity index (χ2n) is 9.38. The third-order valence-corrected chi connectivity index (χ3v) is 5.81. The maximum Gasteiger partial charge on any atom is 0.356 e. The molecule has 2 aliphatic carbocycles. The van der Waals surface area contributed by atoms with Crippen LogP contribution < -0.4 is 28.1 Å². The van der Waals surface area contributed by atoms with Gasteiger partial charge in [0.1, 0.15) is 29.4 Å². The fourth-order valence-electron chi connectivity index (χ4n) is 3.38. The molecule has 226 valence electrons. The van der Waals surface area contributed by atoms with Crippen molar-refractivity contribution in [3.8, 4) is 11.5 Å². The van der Waals surface area contributed by atoms with E-state index in [1.165, 1.54) is 32.8 Å². The van der Waals surface area contributed by atoms with E-state index in [1.807, 2.05) is 30.5 Å². The first kappa shape index (κ1) is 32.1. The van der Waals surface area contributed by atoms with Crippen molar-refractivity contribution in [1.29, 1.82) is 0 Å². The van der Waals surface area contributed by atoms with Gasteiger partial charge in [-0.3, -0.25) is 15.0 Å². The van der Waals surface area contributed by atoms with Crippen LogP contribution in [-0.2, 0) is 9.53 Å². The molecule has 0 spiro atoms. The Morgan fingerprint density at radius 1 is 0.930 bits per heavy atom. The van der Waals surface area contributed by atoms with Crippen LogP contribution >= 0.6 is 0 Å². The van der Waals surface area contributed by atoms with Crippen LogP contribution in [0.15, 0.2) is 60.9 Å². The lowest BCUT2D eigenvalue weighted by Crippen LogP contribution is -2.30. The topological polar surface area (TPSA) is 232 Å².